The number of hydrogen-bond acceptors (Lipinski definition) is 4. The number of rotatable bonds is 5. The Morgan fingerprint density at radius 2 is 2.04 bits per heavy atom. The number of H-pyrrole nitrogens is 1. The normalized spacial score (nSPS) is 35.9. The molecule has 2 heterocycles. The first kappa shape index (κ1) is 16.1. The van der Waals surface area contributed by atoms with E-state index in [1.54, 1.807) is 6.07 Å². The molecule has 1 saturated heterocycles. The van der Waals surface area contributed by atoms with Crippen molar-refractivity contribution in [1.29, 1.82) is 0 Å². The molecule has 6 nitrogen and oxygen atoms in total. The third-order valence-electron chi connectivity index (χ3n) is 6.48. The van der Waals surface area contributed by atoms with E-state index in [1.807, 2.05) is 0 Å². The van der Waals surface area contributed by atoms with Crippen molar-refractivity contribution in [2.45, 2.75) is 69.5 Å². The van der Waals surface area contributed by atoms with Crippen LogP contribution in [0.3, 0.4) is 0 Å². The Balaban J connectivity index is 1.38. The van der Waals surface area contributed by atoms with Gasteiger partial charge in [0.05, 0.1) is 6.61 Å². The number of ether oxygens (including phenoxy) is 2. The predicted molar refractivity (Wildman–Crippen MR) is 86.9 cm³/mol. The van der Waals surface area contributed by atoms with Crippen molar-refractivity contribution in [3.8, 4) is 0 Å². The first-order chi connectivity index (χ1) is 11.6. The molecule has 0 aromatic carbocycles. The highest BCUT2D eigenvalue weighted by Gasteiger charge is 2.50. The van der Waals surface area contributed by atoms with Crippen molar-refractivity contribution in [1.82, 2.24) is 10.2 Å². The summed E-state index contributed by atoms with van der Waals surface area (Å²) in [6.45, 7) is 1.63. The van der Waals surface area contributed by atoms with Crippen LogP contribution in [0.1, 0.15) is 74.0 Å². The van der Waals surface area contributed by atoms with E-state index in [4.69, 9.17) is 14.6 Å². The summed E-state index contributed by atoms with van der Waals surface area (Å²) in [5.74, 6) is -0.962. The van der Waals surface area contributed by atoms with Crippen molar-refractivity contribution in [2.75, 3.05) is 13.2 Å². The molecule has 4 fully saturated rings. The topological polar surface area (TPSA) is 84.4 Å². The number of carboxylic acids is 1. The van der Waals surface area contributed by atoms with Gasteiger partial charge in [0.2, 0.25) is 0 Å². The minimum atomic E-state index is -0.962. The minimum absolute atomic E-state index is 0.00697. The zero-order chi connectivity index (χ0) is 16.6. The maximum absolute atomic E-state index is 11.1. The molecule has 1 aromatic heterocycles. The van der Waals surface area contributed by atoms with Gasteiger partial charge in [0.1, 0.15) is 0 Å². The molecule has 3 aliphatic carbocycles. The van der Waals surface area contributed by atoms with E-state index in [9.17, 15) is 4.79 Å². The summed E-state index contributed by atoms with van der Waals surface area (Å²) in [5, 5.41) is 16.0. The van der Waals surface area contributed by atoms with Crippen LogP contribution in [0.25, 0.3) is 0 Å². The van der Waals surface area contributed by atoms with Crippen molar-refractivity contribution in [3.63, 3.8) is 0 Å². The molecular formula is C18H26N2O4. The zero-order valence-corrected chi connectivity index (χ0v) is 14.1. The summed E-state index contributed by atoms with van der Waals surface area (Å²) < 4.78 is 11.8. The van der Waals surface area contributed by atoms with Crippen LogP contribution in [-0.4, -0.2) is 40.8 Å². The fourth-order valence-corrected chi connectivity index (χ4v) is 4.70. The first-order valence-corrected chi connectivity index (χ1v) is 9.13. The Morgan fingerprint density at radius 1 is 1.29 bits per heavy atom. The Kier molecular flexibility index (Phi) is 4.12. The lowest BCUT2D eigenvalue weighted by atomic mass is 9.53. The molecule has 1 aliphatic heterocycles. The van der Waals surface area contributed by atoms with E-state index < -0.39 is 5.97 Å². The molecule has 1 aromatic rings. The number of nitrogens with one attached hydrogen (secondary N) is 1. The number of carbonyl (C=O) groups is 1. The first-order valence-electron chi connectivity index (χ1n) is 9.13. The number of aromatic amines is 1. The van der Waals surface area contributed by atoms with Crippen LogP contribution in [0, 0.1) is 5.41 Å². The molecular weight excluding hydrogens is 308 g/mol. The molecule has 1 unspecified atom stereocenters. The number of aromatic nitrogens is 2. The van der Waals surface area contributed by atoms with Gasteiger partial charge in [0, 0.05) is 17.7 Å². The average molecular weight is 334 g/mol. The highest BCUT2D eigenvalue weighted by Crippen LogP contribution is 2.57. The molecule has 3 saturated carbocycles. The molecule has 2 bridgehead atoms. The summed E-state index contributed by atoms with van der Waals surface area (Å²) in [5.41, 5.74) is 1.51. The molecule has 132 valence electrons. The van der Waals surface area contributed by atoms with E-state index in [1.165, 1.54) is 6.42 Å². The van der Waals surface area contributed by atoms with Crippen LogP contribution in [0.15, 0.2) is 6.07 Å². The van der Waals surface area contributed by atoms with Gasteiger partial charge in [-0.15, -0.1) is 0 Å². The van der Waals surface area contributed by atoms with Crippen LogP contribution >= 0.6 is 0 Å². The van der Waals surface area contributed by atoms with Gasteiger partial charge in [0.25, 0.3) is 0 Å². The summed E-state index contributed by atoms with van der Waals surface area (Å²) in [4.78, 5) is 11.1. The van der Waals surface area contributed by atoms with Crippen LogP contribution < -0.4 is 0 Å². The number of aromatic carboxylic acids is 1. The number of fused-ring (bicyclic) bond motifs is 3. The lowest BCUT2D eigenvalue weighted by Gasteiger charge is -2.53. The monoisotopic (exact) mass is 334 g/mol. The van der Waals surface area contributed by atoms with Crippen molar-refractivity contribution >= 4 is 5.97 Å². The summed E-state index contributed by atoms with van der Waals surface area (Å²) in [6.07, 6.45) is 10.0. The second-order valence-corrected chi connectivity index (χ2v) is 7.86. The van der Waals surface area contributed by atoms with Crippen LogP contribution in [-0.2, 0) is 14.9 Å². The molecule has 4 aliphatic rings. The highest BCUT2D eigenvalue weighted by atomic mass is 16.7. The smallest absolute Gasteiger partial charge is 0.356 e. The largest absolute Gasteiger partial charge is 0.476 e. The molecule has 0 spiro atoms. The molecule has 5 rings (SSSR count). The zero-order valence-electron chi connectivity index (χ0n) is 14.1. The van der Waals surface area contributed by atoms with Gasteiger partial charge in [-0.2, -0.15) is 5.10 Å². The molecule has 0 amide bonds. The Morgan fingerprint density at radius 3 is 2.62 bits per heavy atom. The van der Waals surface area contributed by atoms with Crippen LogP contribution in [0.4, 0.5) is 0 Å². The maximum Gasteiger partial charge on any atom is 0.356 e. The van der Waals surface area contributed by atoms with E-state index >= 15 is 0 Å². The highest BCUT2D eigenvalue weighted by molar-refractivity contribution is 5.85. The van der Waals surface area contributed by atoms with Gasteiger partial charge in [0.15, 0.2) is 12.0 Å². The fourth-order valence-electron chi connectivity index (χ4n) is 4.70. The quantitative estimate of drug-likeness (QED) is 0.863. The van der Waals surface area contributed by atoms with Crippen molar-refractivity contribution < 1.29 is 19.4 Å². The van der Waals surface area contributed by atoms with Gasteiger partial charge in [-0.25, -0.2) is 4.79 Å². The fraction of sp³-hybridized carbons (Fsp3) is 0.778. The summed E-state index contributed by atoms with van der Waals surface area (Å²) >= 11 is 0. The number of hydrogen-bond donors (Lipinski definition) is 2. The van der Waals surface area contributed by atoms with E-state index in [0.29, 0.717) is 0 Å². The third-order valence-corrected chi connectivity index (χ3v) is 6.48. The lowest BCUT2D eigenvalue weighted by molar-refractivity contribution is -0.188. The van der Waals surface area contributed by atoms with Crippen molar-refractivity contribution in [3.05, 3.63) is 17.5 Å². The van der Waals surface area contributed by atoms with Gasteiger partial charge in [-0.1, -0.05) is 0 Å². The second-order valence-electron chi connectivity index (χ2n) is 7.86. The maximum atomic E-state index is 11.1. The summed E-state index contributed by atoms with van der Waals surface area (Å²) in [6, 6.07) is 1.73. The Hall–Kier alpha value is -1.40. The van der Waals surface area contributed by atoms with Gasteiger partial charge in [-0.05, 0) is 69.3 Å². The Bertz CT molecular complexity index is 581. The Labute approximate surface area is 141 Å². The molecule has 0 radical (unpaired) electrons. The predicted octanol–water partition coefficient (Wildman–Crippen LogP) is 3.24. The van der Waals surface area contributed by atoms with Gasteiger partial charge in [-0.3, -0.25) is 5.10 Å². The molecule has 24 heavy (non-hydrogen) atoms. The standard InChI is InChI=1S/C18H26N2O4/c21-16(22)13-11-14(20-19-13)18-7-4-17(5-8-18,6-9-18)12-24-15-3-1-2-10-23-15/h11,15H,1-10,12H2,(H,19,20)(H,21,22). The summed E-state index contributed by atoms with van der Waals surface area (Å²) in [7, 11) is 0. The molecule has 1 atom stereocenters. The van der Waals surface area contributed by atoms with E-state index in [2.05, 4.69) is 10.2 Å². The van der Waals surface area contributed by atoms with Crippen molar-refractivity contribution in [2.24, 2.45) is 5.41 Å². The van der Waals surface area contributed by atoms with Crippen LogP contribution in [0.5, 0.6) is 0 Å². The van der Waals surface area contributed by atoms with E-state index in [-0.39, 0.29) is 22.8 Å². The molecule has 2 N–H and O–H groups in total. The lowest BCUT2D eigenvalue weighted by Crippen LogP contribution is -2.47. The number of carboxylic acid groups (broad SMARTS) is 1. The number of nitrogens with zero attached hydrogens (tertiary/aromatic N) is 1. The van der Waals surface area contributed by atoms with Crippen LogP contribution in [0.2, 0.25) is 0 Å². The minimum Gasteiger partial charge on any atom is -0.476 e. The SMILES string of the molecule is O=C(O)c1cc(C23CCC(COC4CCCCO4)(CC2)CC3)[nH]n1. The average Bonchev–Trinajstić information content (AvgIpc) is 3.14. The van der Waals surface area contributed by atoms with Gasteiger partial charge < -0.3 is 14.6 Å². The molecule has 6 heteroatoms. The van der Waals surface area contributed by atoms with Gasteiger partial charge >= 0.3 is 5.97 Å². The second kappa shape index (κ2) is 6.15. The third kappa shape index (κ3) is 2.86. The van der Waals surface area contributed by atoms with E-state index in [0.717, 1.165) is 70.3 Å².